The Morgan fingerprint density at radius 2 is 2.00 bits per heavy atom. The Hall–Kier alpha value is -0.810. The van der Waals surface area contributed by atoms with Gasteiger partial charge in [-0.3, -0.25) is 0 Å². The van der Waals surface area contributed by atoms with E-state index in [1.807, 2.05) is 0 Å². The van der Waals surface area contributed by atoms with E-state index in [1.54, 1.807) is 0 Å². The van der Waals surface area contributed by atoms with Crippen LogP contribution < -0.4 is 5.73 Å². The Morgan fingerprint density at radius 1 is 1.40 bits per heavy atom. The third-order valence-corrected chi connectivity index (χ3v) is 2.35. The molecule has 0 fully saturated rings. The van der Waals surface area contributed by atoms with E-state index in [2.05, 4.69) is 12.6 Å². The number of alkyl halides is 3. The summed E-state index contributed by atoms with van der Waals surface area (Å²) in [5.41, 5.74) is 4.92. The maximum absolute atomic E-state index is 12.4. The summed E-state index contributed by atoms with van der Waals surface area (Å²) in [6.07, 6.45) is -4.48. The van der Waals surface area contributed by atoms with Gasteiger partial charge in [0.2, 0.25) is 0 Å². The van der Waals surface area contributed by atoms with Crippen LogP contribution in [0.3, 0.4) is 0 Å². The third kappa shape index (κ3) is 2.82. The highest BCUT2D eigenvalue weighted by atomic mass is 35.5. The zero-order valence-electron chi connectivity index (χ0n) is 7.35. The Morgan fingerprint density at radius 3 is 2.47 bits per heavy atom. The molecule has 0 radical (unpaired) electrons. The van der Waals surface area contributed by atoms with Crippen molar-refractivity contribution in [1.82, 2.24) is 0 Å². The third-order valence-electron chi connectivity index (χ3n) is 1.74. The first kappa shape index (κ1) is 12.3. The van der Waals surface area contributed by atoms with Crippen LogP contribution in [0.2, 0.25) is 5.02 Å². The highest BCUT2D eigenvalue weighted by molar-refractivity contribution is 7.83. The summed E-state index contributed by atoms with van der Waals surface area (Å²) in [5, 5.41) is 0.877. The number of thiol groups is 1. The molecule has 1 aromatic rings. The van der Waals surface area contributed by atoms with Crippen molar-refractivity contribution in [1.29, 1.82) is 0 Å². The van der Waals surface area contributed by atoms with E-state index in [4.69, 9.17) is 17.3 Å². The molecule has 6 heteroatoms. The van der Waals surface area contributed by atoms with Gasteiger partial charge in [-0.1, -0.05) is 17.7 Å². The molecule has 0 aromatic heterocycles. The molecule has 2 N–H and O–H groups in total. The van der Waals surface area contributed by atoms with Crippen LogP contribution in [-0.4, -0.2) is 0 Å². The minimum absolute atomic E-state index is 0.153. The number of rotatable bonds is 1. The lowest BCUT2D eigenvalue weighted by Gasteiger charge is -2.10. The van der Waals surface area contributed by atoms with Gasteiger partial charge in [-0.25, -0.2) is 0 Å². The van der Waals surface area contributed by atoms with Crippen LogP contribution in [-0.2, 0) is 6.18 Å². The monoisotopic (exact) mass is 253 g/mol. The highest BCUT2D eigenvalue weighted by Crippen LogP contribution is 2.35. The lowest BCUT2D eigenvalue weighted by molar-refractivity contribution is -0.137. The summed E-state index contributed by atoms with van der Waals surface area (Å²) in [7, 11) is 0. The summed E-state index contributed by atoms with van der Waals surface area (Å²) in [6.45, 7) is 0. The smallest absolute Gasteiger partial charge is 0.398 e. The maximum Gasteiger partial charge on any atom is 0.417 e. The molecule has 0 saturated heterocycles. The largest absolute Gasteiger partial charge is 0.417 e. The molecule has 82 valence electrons. The molecular formula is C9H7ClF3NS. The van der Waals surface area contributed by atoms with Gasteiger partial charge in [-0.15, -0.1) is 12.6 Å². The molecule has 1 rings (SSSR count). The Kier molecular flexibility index (Phi) is 3.57. The summed E-state index contributed by atoms with van der Waals surface area (Å²) in [6, 6.07) is 3.45. The lowest BCUT2D eigenvalue weighted by atomic mass is 10.1. The number of hydrogen-bond donors (Lipinski definition) is 2. The van der Waals surface area contributed by atoms with Gasteiger partial charge in [0, 0.05) is 5.70 Å². The fourth-order valence-corrected chi connectivity index (χ4v) is 1.37. The van der Waals surface area contributed by atoms with Gasteiger partial charge in [0.05, 0.1) is 10.6 Å². The first-order valence-electron chi connectivity index (χ1n) is 3.83. The highest BCUT2D eigenvalue weighted by Gasteiger charge is 2.33. The van der Waals surface area contributed by atoms with Crippen LogP contribution >= 0.6 is 24.2 Å². The normalized spacial score (nSPS) is 13.0. The van der Waals surface area contributed by atoms with Gasteiger partial charge in [-0.05, 0) is 23.1 Å². The van der Waals surface area contributed by atoms with Gasteiger partial charge in [0.15, 0.2) is 0 Å². The molecule has 0 unspecified atom stereocenters. The molecule has 0 saturated carbocycles. The molecule has 0 aliphatic heterocycles. The van der Waals surface area contributed by atoms with E-state index in [1.165, 1.54) is 11.5 Å². The molecule has 0 aliphatic carbocycles. The second-order valence-electron chi connectivity index (χ2n) is 2.78. The van der Waals surface area contributed by atoms with Crippen LogP contribution in [0.15, 0.2) is 23.6 Å². The fourth-order valence-electron chi connectivity index (χ4n) is 0.997. The van der Waals surface area contributed by atoms with Gasteiger partial charge in [-0.2, -0.15) is 13.2 Å². The zero-order valence-corrected chi connectivity index (χ0v) is 9.00. The van der Waals surface area contributed by atoms with Crippen molar-refractivity contribution >= 4 is 29.9 Å². The van der Waals surface area contributed by atoms with Crippen molar-refractivity contribution in [3.05, 3.63) is 39.8 Å². The Balaban J connectivity index is 3.29. The summed E-state index contributed by atoms with van der Waals surface area (Å²) in [4.78, 5) is 0. The van der Waals surface area contributed by atoms with Crippen LogP contribution in [0, 0.1) is 0 Å². The summed E-state index contributed by atoms with van der Waals surface area (Å²) >= 11 is 9.19. The van der Waals surface area contributed by atoms with Crippen molar-refractivity contribution in [3.8, 4) is 0 Å². The standard InChI is InChI=1S/C9H7ClF3NS/c10-7-2-1-5(8(14)4-15)3-6(7)9(11,12)13/h1-4,15H,14H2/b8-4-. The average molecular weight is 254 g/mol. The van der Waals surface area contributed by atoms with Crippen molar-refractivity contribution in [2.75, 3.05) is 0 Å². The zero-order chi connectivity index (χ0) is 11.6. The van der Waals surface area contributed by atoms with E-state index >= 15 is 0 Å². The van der Waals surface area contributed by atoms with E-state index in [0.717, 1.165) is 12.1 Å². The molecule has 0 spiro atoms. The Bertz CT molecular complexity index is 401. The van der Waals surface area contributed by atoms with Crippen molar-refractivity contribution < 1.29 is 13.2 Å². The summed E-state index contributed by atoms with van der Waals surface area (Å²) < 4.78 is 37.3. The molecule has 0 bridgehead atoms. The molecular weight excluding hydrogens is 247 g/mol. The number of hydrogen-bond acceptors (Lipinski definition) is 2. The molecule has 1 aromatic carbocycles. The second kappa shape index (κ2) is 4.37. The van der Waals surface area contributed by atoms with Gasteiger partial charge in [0.25, 0.3) is 0 Å². The SMILES string of the molecule is N/C(=C\S)c1ccc(Cl)c(C(F)(F)F)c1. The van der Waals surface area contributed by atoms with Crippen LogP contribution in [0.4, 0.5) is 13.2 Å². The number of nitrogens with two attached hydrogens (primary N) is 1. The minimum Gasteiger partial charge on any atom is -0.398 e. The number of halogens is 4. The van der Waals surface area contributed by atoms with Gasteiger partial charge in [0.1, 0.15) is 0 Å². The predicted molar refractivity (Wildman–Crippen MR) is 57.6 cm³/mol. The molecule has 0 heterocycles. The molecule has 0 amide bonds. The second-order valence-corrected chi connectivity index (χ2v) is 3.44. The first-order chi connectivity index (χ1) is 6.86. The molecule has 0 atom stereocenters. The molecule has 15 heavy (non-hydrogen) atoms. The quantitative estimate of drug-likeness (QED) is 0.736. The van der Waals surface area contributed by atoms with Crippen molar-refractivity contribution in [3.63, 3.8) is 0 Å². The van der Waals surface area contributed by atoms with Gasteiger partial charge < -0.3 is 5.73 Å². The van der Waals surface area contributed by atoms with Crippen LogP contribution in [0.5, 0.6) is 0 Å². The van der Waals surface area contributed by atoms with Crippen LogP contribution in [0.25, 0.3) is 5.70 Å². The predicted octanol–water partition coefficient (Wildman–Crippen LogP) is 3.55. The summed E-state index contributed by atoms with van der Waals surface area (Å²) in [5.74, 6) is 0. The minimum atomic E-state index is -4.48. The van der Waals surface area contributed by atoms with E-state index in [-0.39, 0.29) is 16.3 Å². The van der Waals surface area contributed by atoms with E-state index in [9.17, 15) is 13.2 Å². The fraction of sp³-hybridized carbons (Fsp3) is 0.111. The Labute approximate surface area is 95.1 Å². The number of benzene rings is 1. The van der Waals surface area contributed by atoms with E-state index < -0.39 is 11.7 Å². The topological polar surface area (TPSA) is 26.0 Å². The van der Waals surface area contributed by atoms with E-state index in [0.29, 0.717) is 0 Å². The maximum atomic E-state index is 12.4. The lowest BCUT2D eigenvalue weighted by Crippen LogP contribution is -2.07. The average Bonchev–Trinajstić information content (AvgIpc) is 2.15. The van der Waals surface area contributed by atoms with Crippen LogP contribution in [0.1, 0.15) is 11.1 Å². The first-order valence-corrected chi connectivity index (χ1v) is 4.72. The molecule has 0 aliphatic rings. The van der Waals surface area contributed by atoms with Crippen molar-refractivity contribution in [2.45, 2.75) is 6.18 Å². The van der Waals surface area contributed by atoms with Gasteiger partial charge >= 0.3 is 6.18 Å². The molecule has 1 nitrogen and oxygen atoms in total. The van der Waals surface area contributed by atoms with Crippen molar-refractivity contribution in [2.24, 2.45) is 5.73 Å².